The summed E-state index contributed by atoms with van der Waals surface area (Å²) >= 11 is 0. The summed E-state index contributed by atoms with van der Waals surface area (Å²) in [5, 5.41) is 5.13. The third-order valence-corrected chi connectivity index (χ3v) is 9.14. The molecule has 0 radical (unpaired) electrons. The molecular weight excluding hydrogens is 520 g/mol. The first kappa shape index (κ1) is 24.3. The molecular formula is C41H28N2. The van der Waals surface area contributed by atoms with E-state index in [1.807, 2.05) is 18.2 Å². The zero-order chi connectivity index (χ0) is 28.5. The van der Waals surface area contributed by atoms with Gasteiger partial charge in [-0.3, -0.25) is 0 Å². The summed E-state index contributed by atoms with van der Waals surface area (Å²) in [7, 11) is 0. The van der Waals surface area contributed by atoms with Crippen LogP contribution in [-0.4, -0.2) is 9.97 Å². The van der Waals surface area contributed by atoms with Crippen LogP contribution < -0.4 is 0 Å². The van der Waals surface area contributed by atoms with Crippen molar-refractivity contribution in [3.8, 4) is 44.6 Å². The standard InChI is InChI=1S/C41H28N2/c1-25-41(43-35-22-11-10-21-34(35)42-25)31-23-24-33-38-30(31)19-12-20-32(38)39-36(26-13-4-2-5-14-26)28-17-8-9-18-29(28)37(40(33)39)27-15-6-3-7-16-27/h2,4-6,8-24H,3,7H2,1H3. The number of nitrogens with zero attached hydrogens (tertiary/aromatic N) is 2. The fourth-order valence-electron chi connectivity index (χ4n) is 7.35. The summed E-state index contributed by atoms with van der Waals surface area (Å²) in [5.41, 5.74) is 15.4. The fourth-order valence-corrected chi connectivity index (χ4v) is 7.35. The highest BCUT2D eigenvalue weighted by molar-refractivity contribution is 6.27. The molecule has 2 heteroatoms. The van der Waals surface area contributed by atoms with Gasteiger partial charge < -0.3 is 0 Å². The minimum Gasteiger partial charge on any atom is -0.249 e. The van der Waals surface area contributed by atoms with Gasteiger partial charge in [0.1, 0.15) is 0 Å². The third kappa shape index (κ3) is 3.53. The topological polar surface area (TPSA) is 25.8 Å². The van der Waals surface area contributed by atoms with Crippen LogP contribution >= 0.6 is 0 Å². The Balaban J connectivity index is 1.43. The number of aromatic nitrogens is 2. The Morgan fingerprint density at radius 1 is 0.512 bits per heavy atom. The van der Waals surface area contributed by atoms with E-state index in [9.17, 15) is 0 Å². The summed E-state index contributed by atoms with van der Waals surface area (Å²) < 4.78 is 0. The number of hydrogen-bond acceptors (Lipinski definition) is 2. The molecule has 0 bridgehead atoms. The summed E-state index contributed by atoms with van der Waals surface area (Å²) in [6, 6.07) is 39.4. The van der Waals surface area contributed by atoms with Crippen molar-refractivity contribution in [2.45, 2.75) is 19.8 Å². The predicted molar refractivity (Wildman–Crippen MR) is 181 cm³/mol. The lowest BCUT2D eigenvalue weighted by molar-refractivity contribution is 1.04. The number of benzene rings is 6. The first-order valence-electron chi connectivity index (χ1n) is 15.1. The smallest absolute Gasteiger partial charge is 0.0928 e. The molecule has 0 N–H and O–H groups in total. The minimum absolute atomic E-state index is 0.922. The van der Waals surface area contributed by atoms with E-state index in [1.54, 1.807) is 0 Å². The number of rotatable bonds is 3. The number of allylic oxidation sites excluding steroid dienone is 4. The van der Waals surface area contributed by atoms with E-state index in [1.165, 1.54) is 66.1 Å². The molecule has 9 rings (SSSR count). The Hall–Kier alpha value is -5.34. The maximum absolute atomic E-state index is 5.14. The zero-order valence-corrected chi connectivity index (χ0v) is 23.9. The SMILES string of the molecule is Cc1nc2ccccc2nc1-c1ccc2c3c(cccc13)-c1c-2c(C2=CCCC=C2)c2ccccc2c1-c1ccccc1. The van der Waals surface area contributed by atoms with Crippen molar-refractivity contribution in [3.63, 3.8) is 0 Å². The first-order valence-corrected chi connectivity index (χ1v) is 15.1. The van der Waals surface area contributed by atoms with E-state index in [0.717, 1.165) is 40.8 Å². The van der Waals surface area contributed by atoms with Crippen molar-refractivity contribution in [2.75, 3.05) is 0 Å². The van der Waals surface area contributed by atoms with E-state index in [-0.39, 0.29) is 0 Å². The monoisotopic (exact) mass is 548 g/mol. The molecule has 2 aliphatic rings. The molecule has 0 aliphatic heterocycles. The van der Waals surface area contributed by atoms with Gasteiger partial charge in [0.2, 0.25) is 0 Å². The molecule has 43 heavy (non-hydrogen) atoms. The normalized spacial score (nSPS) is 13.6. The maximum atomic E-state index is 5.14. The second-order valence-electron chi connectivity index (χ2n) is 11.6. The Kier molecular flexibility index (Phi) is 5.27. The van der Waals surface area contributed by atoms with E-state index >= 15 is 0 Å². The van der Waals surface area contributed by atoms with Crippen molar-refractivity contribution >= 4 is 38.2 Å². The van der Waals surface area contributed by atoms with Crippen molar-refractivity contribution in [2.24, 2.45) is 0 Å². The van der Waals surface area contributed by atoms with Gasteiger partial charge in [0, 0.05) is 5.56 Å². The summed E-state index contributed by atoms with van der Waals surface area (Å²) in [6.07, 6.45) is 9.24. The van der Waals surface area contributed by atoms with Gasteiger partial charge in [-0.15, -0.1) is 0 Å². The molecule has 2 aliphatic carbocycles. The van der Waals surface area contributed by atoms with Crippen LogP contribution in [0, 0.1) is 6.92 Å². The quantitative estimate of drug-likeness (QED) is 0.219. The van der Waals surface area contributed by atoms with Gasteiger partial charge in [0.25, 0.3) is 0 Å². The molecule has 7 aromatic rings. The highest BCUT2D eigenvalue weighted by atomic mass is 14.8. The molecule has 0 saturated carbocycles. The van der Waals surface area contributed by atoms with E-state index < -0.39 is 0 Å². The van der Waals surface area contributed by atoms with E-state index in [2.05, 4.69) is 116 Å². The molecule has 0 saturated heterocycles. The Bertz CT molecular complexity index is 2340. The Morgan fingerprint density at radius 2 is 1.16 bits per heavy atom. The molecule has 0 spiro atoms. The summed E-state index contributed by atoms with van der Waals surface area (Å²) in [6.45, 7) is 2.08. The lowest BCUT2D eigenvalue weighted by atomic mass is 9.81. The average molecular weight is 549 g/mol. The van der Waals surface area contributed by atoms with Crippen LogP contribution in [0.1, 0.15) is 24.1 Å². The fraction of sp³-hybridized carbons (Fsp3) is 0.0732. The van der Waals surface area contributed by atoms with Gasteiger partial charge in [0.05, 0.1) is 22.4 Å². The van der Waals surface area contributed by atoms with Crippen molar-refractivity contribution < 1.29 is 0 Å². The van der Waals surface area contributed by atoms with Crippen LogP contribution in [0.15, 0.2) is 127 Å². The zero-order valence-electron chi connectivity index (χ0n) is 23.9. The summed E-state index contributed by atoms with van der Waals surface area (Å²) in [4.78, 5) is 10.1. The predicted octanol–water partition coefficient (Wildman–Crippen LogP) is 11.0. The van der Waals surface area contributed by atoms with Crippen molar-refractivity contribution in [1.82, 2.24) is 9.97 Å². The summed E-state index contributed by atoms with van der Waals surface area (Å²) in [5.74, 6) is 0. The number of fused-ring (bicyclic) bond motifs is 5. The van der Waals surface area contributed by atoms with Gasteiger partial charge in [-0.05, 0) is 98.0 Å². The van der Waals surface area contributed by atoms with Crippen LogP contribution in [0.3, 0.4) is 0 Å². The van der Waals surface area contributed by atoms with Crippen LogP contribution in [0.2, 0.25) is 0 Å². The second kappa shape index (κ2) is 9.34. The van der Waals surface area contributed by atoms with Gasteiger partial charge in [-0.2, -0.15) is 0 Å². The lowest BCUT2D eigenvalue weighted by Crippen LogP contribution is -1.97. The molecule has 1 aromatic heterocycles. The molecule has 202 valence electrons. The lowest BCUT2D eigenvalue weighted by Gasteiger charge is -2.21. The number of para-hydroxylation sites is 2. The van der Waals surface area contributed by atoms with Crippen molar-refractivity contribution in [1.29, 1.82) is 0 Å². The van der Waals surface area contributed by atoms with E-state index in [0.29, 0.717) is 0 Å². The second-order valence-corrected chi connectivity index (χ2v) is 11.6. The molecule has 2 nitrogen and oxygen atoms in total. The van der Waals surface area contributed by atoms with Gasteiger partial charge in [0.15, 0.2) is 0 Å². The van der Waals surface area contributed by atoms with Gasteiger partial charge in [-0.1, -0.05) is 115 Å². The van der Waals surface area contributed by atoms with Crippen LogP contribution in [0.25, 0.3) is 82.8 Å². The van der Waals surface area contributed by atoms with Crippen LogP contribution in [0.4, 0.5) is 0 Å². The van der Waals surface area contributed by atoms with Crippen LogP contribution in [-0.2, 0) is 0 Å². The highest BCUT2D eigenvalue weighted by Crippen LogP contribution is 2.57. The largest absolute Gasteiger partial charge is 0.249 e. The molecule has 0 amide bonds. The van der Waals surface area contributed by atoms with Gasteiger partial charge >= 0.3 is 0 Å². The average Bonchev–Trinajstić information content (AvgIpc) is 3.39. The van der Waals surface area contributed by atoms with Gasteiger partial charge in [-0.25, -0.2) is 9.97 Å². The number of aryl methyl sites for hydroxylation is 1. The minimum atomic E-state index is 0.922. The molecule has 0 fully saturated rings. The highest BCUT2D eigenvalue weighted by Gasteiger charge is 2.31. The first-order chi connectivity index (χ1) is 21.3. The Morgan fingerprint density at radius 3 is 1.95 bits per heavy atom. The molecule has 0 atom stereocenters. The van der Waals surface area contributed by atoms with Crippen LogP contribution in [0.5, 0.6) is 0 Å². The van der Waals surface area contributed by atoms with E-state index in [4.69, 9.17) is 9.97 Å². The molecule has 0 unspecified atom stereocenters. The third-order valence-electron chi connectivity index (χ3n) is 9.14. The Labute approximate surface area is 250 Å². The maximum Gasteiger partial charge on any atom is 0.0928 e. The number of hydrogen-bond donors (Lipinski definition) is 0. The van der Waals surface area contributed by atoms with Crippen molar-refractivity contribution in [3.05, 3.63) is 139 Å². The molecule has 1 heterocycles. The molecule has 6 aromatic carbocycles.